The van der Waals surface area contributed by atoms with Crippen molar-refractivity contribution in [2.75, 3.05) is 37.6 Å². The van der Waals surface area contributed by atoms with Gasteiger partial charge in [0.15, 0.2) is 5.96 Å². The van der Waals surface area contributed by atoms with Crippen molar-refractivity contribution < 1.29 is 9.59 Å². The molecule has 0 unspecified atom stereocenters. The molecule has 0 aromatic heterocycles. The highest BCUT2D eigenvalue weighted by atomic mass is 16.2. The van der Waals surface area contributed by atoms with Crippen molar-refractivity contribution in [1.82, 2.24) is 21.3 Å². The molecule has 1 fully saturated rings. The summed E-state index contributed by atoms with van der Waals surface area (Å²) in [5, 5.41) is 11.9. The summed E-state index contributed by atoms with van der Waals surface area (Å²) in [5.41, 5.74) is 1.83. The number of amides is 2. The fraction of sp³-hybridized carbons (Fsp3) is 0.550. The van der Waals surface area contributed by atoms with Crippen molar-refractivity contribution in [3.63, 3.8) is 0 Å². The highest BCUT2D eigenvalue weighted by Gasteiger charge is 2.16. The van der Waals surface area contributed by atoms with Gasteiger partial charge in [-0.15, -0.1) is 0 Å². The number of piperazine rings is 1. The summed E-state index contributed by atoms with van der Waals surface area (Å²) in [7, 11) is 0. The first-order chi connectivity index (χ1) is 13.3. The summed E-state index contributed by atoms with van der Waals surface area (Å²) in [5.74, 6) is 0.577. The van der Waals surface area contributed by atoms with Crippen molar-refractivity contribution in [1.29, 1.82) is 0 Å². The molecule has 8 nitrogen and oxygen atoms in total. The van der Waals surface area contributed by atoms with Gasteiger partial charge in [0, 0.05) is 30.9 Å². The fourth-order valence-electron chi connectivity index (χ4n) is 2.81. The normalized spacial score (nSPS) is 15.1. The number of nitrogens with zero attached hydrogens (tertiary/aromatic N) is 2. The molecule has 1 aromatic carbocycles. The van der Waals surface area contributed by atoms with E-state index < -0.39 is 0 Å². The van der Waals surface area contributed by atoms with Gasteiger partial charge in [0.25, 0.3) is 0 Å². The SMILES string of the molecule is CCNC(=NCc1ccc(N2CCNC(=O)C2)cc1)NCC(=O)NC(C)(C)C. The summed E-state index contributed by atoms with van der Waals surface area (Å²) >= 11 is 0. The molecular formula is C20H32N6O2. The van der Waals surface area contributed by atoms with Crippen LogP contribution in [-0.4, -0.2) is 56.0 Å². The molecule has 28 heavy (non-hydrogen) atoms. The molecule has 0 saturated carbocycles. The third-order valence-electron chi connectivity index (χ3n) is 4.03. The maximum Gasteiger partial charge on any atom is 0.239 e. The van der Waals surface area contributed by atoms with E-state index in [0.717, 1.165) is 17.8 Å². The molecule has 0 spiro atoms. The van der Waals surface area contributed by atoms with E-state index in [1.54, 1.807) is 0 Å². The van der Waals surface area contributed by atoms with Crippen LogP contribution in [0.4, 0.5) is 5.69 Å². The number of nitrogens with one attached hydrogen (secondary N) is 4. The Bertz CT molecular complexity index is 694. The molecule has 1 aliphatic heterocycles. The molecule has 0 radical (unpaired) electrons. The van der Waals surface area contributed by atoms with Crippen molar-refractivity contribution in [2.45, 2.75) is 39.8 Å². The lowest BCUT2D eigenvalue weighted by Gasteiger charge is -2.28. The van der Waals surface area contributed by atoms with Gasteiger partial charge in [-0.2, -0.15) is 0 Å². The van der Waals surface area contributed by atoms with Crippen LogP contribution in [0.2, 0.25) is 0 Å². The number of rotatable bonds is 6. The summed E-state index contributed by atoms with van der Waals surface area (Å²) < 4.78 is 0. The van der Waals surface area contributed by atoms with E-state index in [9.17, 15) is 9.59 Å². The highest BCUT2D eigenvalue weighted by molar-refractivity contribution is 5.86. The van der Waals surface area contributed by atoms with Crippen LogP contribution in [0, 0.1) is 0 Å². The smallest absolute Gasteiger partial charge is 0.239 e. The molecule has 0 atom stereocenters. The van der Waals surface area contributed by atoms with Crippen LogP contribution in [0.25, 0.3) is 0 Å². The minimum atomic E-state index is -0.259. The molecule has 1 saturated heterocycles. The molecule has 2 rings (SSSR count). The number of aliphatic imine (C=N–C) groups is 1. The minimum absolute atomic E-state index is 0.0526. The van der Waals surface area contributed by atoms with E-state index in [1.807, 2.05) is 52.0 Å². The van der Waals surface area contributed by atoms with E-state index in [1.165, 1.54) is 0 Å². The van der Waals surface area contributed by atoms with Crippen LogP contribution in [0.1, 0.15) is 33.3 Å². The Balaban J connectivity index is 1.91. The van der Waals surface area contributed by atoms with Gasteiger partial charge in [0.1, 0.15) is 0 Å². The molecule has 8 heteroatoms. The lowest BCUT2D eigenvalue weighted by molar-refractivity contribution is -0.121. The number of carbonyl (C=O) groups is 2. The minimum Gasteiger partial charge on any atom is -0.360 e. The lowest BCUT2D eigenvalue weighted by Crippen LogP contribution is -2.48. The molecular weight excluding hydrogens is 356 g/mol. The summed E-state index contributed by atoms with van der Waals surface area (Å²) in [6.45, 7) is 11.1. The molecule has 0 aliphatic carbocycles. The summed E-state index contributed by atoms with van der Waals surface area (Å²) in [6.07, 6.45) is 0. The molecule has 1 heterocycles. The standard InChI is InChI=1S/C20H32N6O2/c1-5-21-19(24-13-17(27)25-20(2,3)4)23-12-15-6-8-16(9-7-15)26-11-10-22-18(28)14-26/h6-9H,5,10-14H2,1-4H3,(H,22,28)(H,25,27)(H2,21,23,24). The zero-order valence-corrected chi connectivity index (χ0v) is 17.3. The number of benzene rings is 1. The number of anilines is 1. The summed E-state index contributed by atoms with van der Waals surface area (Å²) in [6, 6.07) is 8.06. The first-order valence-corrected chi connectivity index (χ1v) is 9.70. The predicted molar refractivity (Wildman–Crippen MR) is 112 cm³/mol. The van der Waals surface area contributed by atoms with Crippen molar-refractivity contribution in [3.05, 3.63) is 29.8 Å². The highest BCUT2D eigenvalue weighted by Crippen LogP contribution is 2.16. The Morgan fingerprint density at radius 1 is 1.21 bits per heavy atom. The third kappa shape index (κ3) is 7.46. The van der Waals surface area contributed by atoms with Crippen LogP contribution >= 0.6 is 0 Å². The maximum atomic E-state index is 12.0. The van der Waals surface area contributed by atoms with Gasteiger partial charge in [-0.1, -0.05) is 12.1 Å². The van der Waals surface area contributed by atoms with E-state index in [4.69, 9.17) is 0 Å². The predicted octanol–water partition coefficient (Wildman–Crippen LogP) is 0.593. The third-order valence-corrected chi connectivity index (χ3v) is 4.03. The number of hydrogen-bond donors (Lipinski definition) is 4. The van der Waals surface area contributed by atoms with Crippen molar-refractivity contribution in [2.24, 2.45) is 4.99 Å². The first-order valence-electron chi connectivity index (χ1n) is 9.70. The Labute approximate surface area is 167 Å². The van der Waals surface area contributed by atoms with Gasteiger partial charge in [-0.05, 0) is 45.4 Å². The van der Waals surface area contributed by atoms with Gasteiger partial charge in [-0.3, -0.25) is 9.59 Å². The molecule has 4 N–H and O–H groups in total. The zero-order chi connectivity index (χ0) is 20.6. The van der Waals surface area contributed by atoms with Crippen LogP contribution in [0.15, 0.2) is 29.3 Å². The molecule has 1 aromatic rings. The van der Waals surface area contributed by atoms with E-state index in [-0.39, 0.29) is 23.9 Å². The molecule has 154 valence electrons. The quantitative estimate of drug-likeness (QED) is 0.422. The Hall–Kier alpha value is -2.77. The number of carbonyl (C=O) groups excluding carboxylic acids is 2. The summed E-state index contributed by atoms with van der Waals surface area (Å²) in [4.78, 5) is 30.1. The molecule has 0 bridgehead atoms. The van der Waals surface area contributed by atoms with Gasteiger partial charge in [0.2, 0.25) is 11.8 Å². The topological polar surface area (TPSA) is 97.9 Å². The van der Waals surface area contributed by atoms with E-state index in [0.29, 0.717) is 32.1 Å². The van der Waals surface area contributed by atoms with Crippen LogP contribution in [0.3, 0.4) is 0 Å². The lowest BCUT2D eigenvalue weighted by atomic mass is 10.1. The Morgan fingerprint density at radius 2 is 1.93 bits per heavy atom. The second kappa shape index (κ2) is 9.96. The van der Waals surface area contributed by atoms with Gasteiger partial charge in [0.05, 0.1) is 19.6 Å². The number of hydrogen-bond acceptors (Lipinski definition) is 4. The number of guanidine groups is 1. The monoisotopic (exact) mass is 388 g/mol. The van der Waals surface area contributed by atoms with E-state index in [2.05, 4.69) is 31.2 Å². The van der Waals surface area contributed by atoms with Gasteiger partial charge < -0.3 is 26.2 Å². The first kappa shape index (κ1) is 21.5. The molecule has 1 aliphatic rings. The van der Waals surface area contributed by atoms with Crippen LogP contribution < -0.4 is 26.2 Å². The van der Waals surface area contributed by atoms with Crippen LogP contribution in [-0.2, 0) is 16.1 Å². The van der Waals surface area contributed by atoms with E-state index >= 15 is 0 Å². The average molecular weight is 389 g/mol. The second-order valence-corrected chi connectivity index (χ2v) is 7.78. The van der Waals surface area contributed by atoms with Crippen molar-refractivity contribution in [3.8, 4) is 0 Å². The van der Waals surface area contributed by atoms with Crippen molar-refractivity contribution >= 4 is 23.5 Å². The largest absolute Gasteiger partial charge is 0.360 e. The zero-order valence-electron chi connectivity index (χ0n) is 17.3. The van der Waals surface area contributed by atoms with Crippen LogP contribution in [0.5, 0.6) is 0 Å². The average Bonchev–Trinajstić information content (AvgIpc) is 2.63. The van der Waals surface area contributed by atoms with Gasteiger partial charge in [-0.25, -0.2) is 4.99 Å². The van der Waals surface area contributed by atoms with Gasteiger partial charge >= 0.3 is 0 Å². The Kier molecular flexibility index (Phi) is 7.66. The maximum absolute atomic E-state index is 12.0. The fourth-order valence-corrected chi connectivity index (χ4v) is 2.81. The molecule has 2 amide bonds. The Morgan fingerprint density at radius 3 is 2.54 bits per heavy atom. The second-order valence-electron chi connectivity index (χ2n) is 7.78.